The molecule has 4 rings (SSSR count). The topological polar surface area (TPSA) is 90.0 Å². The van der Waals surface area contributed by atoms with Crippen molar-refractivity contribution >= 4 is 40.5 Å². The molecule has 1 saturated heterocycles. The van der Waals surface area contributed by atoms with Crippen molar-refractivity contribution in [3.8, 4) is 0 Å². The van der Waals surface area contributed by atoms with E-state index in [2.05, 4.69) is 0 Å². The van der Waals surface area contributed by atoms with E-state index in [0.29, 0.717) is 15.8 Å². The first kappa shape index (κ1) is 21.0. The van der Waals surface area contributed by atoms with Crippen molar-refractivity contribution in [2.45, 2.75) is 37.3 Å². The quantitative estimate of drug-likeness (QED) is 0.619. The number of halogens is 2. The summed E-state index contributed by atoms with van der Waals surface area (Å²) in [5.41, 5.74) is 7.15. The Balaban J connectivity index is 1.78. The number of aliphatic hydroxyl groups is 2. The minimum absolute atomic E-state index is 0.0365. The standard InChI is InChI=1S/C21H21ClFN3O3S/c22-12-3-7-14(8-4-12)26-17-15(20(24)29)9-16(27)19(28)18(17)25(21(26)30)10-11-1-5-13(23)6-2-11/h1-8,15-19,27-28H,9-10H2,(H2,24,29)/t15-,16-,17-,18+,19+/m1/s1. The Bertz CT molecular complexity index is 959. The van der Waals surface area contributed by atoms with Crippen LogP contribution in [0.1, 0.15) is 12.0 Å². The van der Waals surface area contributed by atoms with Gasteiger partial charge in [-0.05, 0) is 60.6 Å². The average molecular weight is 450 g/mol. The number of thiocarbonyl (C=S) groups is 1. The minimum Gasteiger partial charge on any atom is -0.390 e. The SMILES string of the molecule is NC(=O)[C@@H]1C[C@@H](O)[C@H](O)[C@@H]2[C@@H]1N(c1ccc(Cl)cc1)C(=S)N2Cc1ccc(F)cc1. The van der Waals surface area contributed by atoms with Gasteiger partial charge in [-0.2, -0.15) is 0 Å². The highest BCUT2D eigenvalue weighted by Gasteiger charge is 2.56. The van der Waals surface area contributed by atoms with Gasteiger partial charge in [-0.15, -0.1) is 0 Å². The lowest BCUT2D eigenvalue weighted by molar-refractivity contribution is -0.129. The Hall–Kier alpha value is -2.26. The van der Waals surface area contributed by atoms with Gasteiger partial charge in [0.05, 0.1) is 24.1 Å². The molecule has 0 unspecified atom stereocenters. The molecule has 2 aliphatic rings. The lowest BCUT2D eigenvalue weighted by Crippen LogP contribution is -2.60. The predicted octanol–water partition coefficient (Wildman–Crippen LogP) is 2.05. The zero-order valence-electron chi connectivity index (χ0n) is 15.9. The van der Waals surface area contributed by atoms with Gasteiger partial charge in [0.25, 0.3) is 0 Å². The second-order valence-electron chi connectivity index (χ2n) is 7.67. The molecule has 1 aliphatic heterocycles. The van der Waals surface area contributed by atoms with Crippen molar-refractivity contribution in [2.24, 2.45) is 11.7 Å². The van der Waals surface area contributed by atoms with E-state index in [1.165, 1.54) is 12.1 Å². The summed E-state index contributed by atoms with van der Waals surface area (Å²) in [6.45, 7) is 0.277. The number of nitrogens with zero attached hydrogens (tertiary/aromatic N) is 2. The number of nitrogens with two attached hydrogens (primary N) is 1. The van der Waals surface area contributed by atoms with Crippen LogP contribution in [-0.4, -0.2) is 50.4 Å². The molecular weight excluding hydrogens is 429 g/mol. The maximum atomic E-state index is 13.3. The molecule has 4 N–H and O–H groups in total. The molecule has 0 bridgehead atoms. The Labute approximate surface area is 183 Å². The number of benzene rings is 2. The first-order valence-electron chi connectivity index (χ1n) is 9.53. The molecule has 30 heavy (non-hydrogen) atoms. The van der Waals surface area contributed by atoms with Crippen molar-refractivity contribution in [1.82, 2.24) is 4.90 Å². The van der Waals surface area contributed by atoms with Crippen LogP contribution < -0.4 is 10.6 Å². The van der Waals surface area contributed by atoms with Gasteiger partial charge in [0, 0.05) is 17.3 Å². The van der Waals surface area contributed by atoms with Crippen molar-refractivity contribution < 1.29 is 19.4 Å². The van der Waals surface area contributed by atoms with E-state index in [-0.39, 0.29) is 18.8 Å². The van der Waals surface area contributed by atoms with Crippen LogP contribution in [0.4, 0.5) is 10.1 Å². The first-order chi connectivity index (χ1) is 14.3. The lowest BCUT2D eigenvalue weighted by atomic mass is 9.76. The van der Waals surface area contributed by atoms with E-state index in [4.69, 9.17) is 29.6 Å². The third-order valence-corrected chi connectivity index (χ3v) is 6.53. The van der Waals surface area contributed by atoms with Gasteiger partial charge in [-0.3, -0.25) is 4.79 Å². The molecule has 9 heteroatoms. The number of fused-ring (bicyclic) bond motifs is 1. The third kappa shape index (κ3) is 3.65. The fraction of sp³-hybridized carbons (Fsp3) is 0.333. The minimum atomic E-state index is -1.14. The normalized spacial score (nSPS) is 28.5. The fourth-order valence-electron chi connectivity index (χ4n) is 4.43. The summed E-state index contributed by atoms with van der Waals surface area (Å²) < 4.78 is 13.3. The van der Waals surface area contributed by atoms with E-state index in [9.17, 15) is 19.4 Å². The molecule has 2 aromatic rings. The van der Waals surface area contributed by atoms with Crippen LogP contribution in [0.15, 0.2) is 48.5 Å². The van der Waals surface area contributed by atoms with Crippen LogP contribution in [0.2, 0.25) is 5.02 Å². The molecule has 0 radical (unpaired) electrons. The second kappa shape index (κ2) is 8.11. The fourth-order valence-corrected chi connectivity index (χ4v) is 4.97. The molecule has 6 nitrogen and oxygen atoms in total. The van der Waals surface area contributed by atoms with E-state index in [1.807, 2.05) is 0 Å². The van der Waals surface area contributed by atoms with Crippen LogP contribution in [0.5, 0.6) is 0 Å². The summed E-state index contributed by atoms with van der Waals surface area (Å²) >= 11 is 11.8. The van der Waals surface area contributed by atoms with Gasteiger partial charge < -0.3 is 25.7 Å². The highest BCUT2D eigenvalue weighted by molar-refractivity contribution is 7.80. The smallest absolute Gasteiger partial charge is 0.222 e. The molecule has 1 amide bonds. The number of amides is 1. The number of carbonyl (C=O) groups is 1. The molecule has 0 aromatic heterocycles. The van der Waals surface area contributed by atoms with Crippen molar-refractivity contribution in [2.75, 3.05) is 4.90 Å². The Kier molecular flexibility index (Phi) is 5.67. The van der Waals surface area contributed by atoms with Crippen LogP contribution in [0.3, 0.4) is 0 Å². The molecule has 1 saturated carbocycles. The summed E-state index contributed by atoms with van der Waals surface area (Å²) in [5.74, 6) is -1.65. The molecule has 2 aromatic carbocycles. The number of rotatable bonds is 4. The van der Waals surface area contributed by atoms with Gasteiger partial charge in [0.1, 0.15) is 11.9 Å². The Morgan fingerprint density at radius 1 is 1.13 bits per heavy atom. The monoisotopic (exact) mass is 449 g/mol. The lowest BCUT2D eigenvalue weighted by Gasteiger charge is -2.42. The summed E-state index contributed by atoms with van der Waals surface area (Å²) in [6.07, 6.45) is -2.22. The van der Waals surface area contributed by atoms with E-state index in [0.717, 1.165) is 5.56 Å². The summed E-state index contributed by atoms with van der Waals surface area (Å²) in [6, 6.07) is 11.7. The molecule has 5 atom stereocenters. The van der Waals surface area contributed by atoms with Crippen molar-refractivity contribution in [1.29, 1.82) is 0 Å². The summed E-state index contributed by atoms with van der Waals surface area (Å²) in [5, 5.41) is 22.2. The number of carbonyl (C=O) groups excluding carboxylic acids is 1. The van der Waals surface area contributed by atoms with Gasteiger partial charge in [-0.1, -0.05) is 23.7 Å². The Morgan fingerprint density at radius 2 is 1.77 bits per heavy atom. The van der Waals surface area contributed by atoms with Gasteiger partial charge in [-0.25, -0.2) is 4.39 Å². The maximum Gasteiger partial charge on any atom is 0.222 e. The van der Waals surface area contributed by atoms with Crippen LogP contribution in [-0.2, 0) is 11.3 Å². The number of hydrogen-bond acceptors (Lipinski definition) is 4. The predicted molar refractivity (Wildman–Crippen MR) is 115 cm³/mol. The highest BCUT2D eigenvalue weighted by atomic mass is 35.5. The van der Waals surface area contributed by atoms with Crippen LogP contribution >= 0.6 is 23.8 Å². The largest absolute Gasteiger partial charge is 0.390 e. The number of aliphatic hydroxyl groups excluding tert-OH is 2. The number of hydrogen-bond donors (Lipinski definition) is 3. The van der Waals surface area contributed by atoms with E-state index < -0.39 is 36.1 Å². The van der Waals surface area contributed by atoms with Gasteiger partial charge in [0.15, 0.2) is 5.11 Å². The van der Waals surface area contributed by atoms with E-state index in [1.54, 1.807) is 46.2 Å². The van der Waals surface area contributed by atoms with E-state index >= 15 is 0 Å². The molecule has 0 spiro atoms. The van der Waals surface area contributed by atoms with Gasteiger partial charge in [0.2, 0.25) is 5.91 Å². The molecule has 158 valence electrons. The molecular formula is C21H21ClFN3O3S. The van der Waals surface area contributed by atoms with Crippen molar-refractivity contribution in [3.63, 3.8) is 0 Å². The number of anilines is 1. The van der Waals surface area contributed by atoms with Crippen molar-refractivity contribution in [3.05, 3.63) is 64.9 Å². The zero-order chi connectivity index (χ0) is 21.6. The Morgan fingerprint density at radius 3 is 2.37 bits per heavy atom. The zero-order valence-corrected chi connectivity index (χ0v) is 17.4. The maximum absolute atomic E-state index is 13.3. The summed E-state index contributed by atoms with van der Waals surface area (Å²) in [7, 11) is 0. The number of primary amides is 1. The summed E-state index contributed by atoms with van der Waals surface area (Å²) in [4.78, 5) is 15.8. The molecule has 1 aliphatic carbocycles. The second-order valence-corrected chi connectivity index (χ2v) is 8.47. The molecule has 1 heterocycles. The molecule has 2 fully saturated rings. The van der Waals surface area contributed by atoms with Crippen LogP contribution in [0, 0.1) is 11.7 Å². The van der Waals surface area contributed by atoms with Gasteiger partial charge >= 0.3 is 0 Å². The highest BCUT2D eigenvalue weighted by Crippen LogP contribution is 2.41. The first-order valence-corrected chi connectivity index (χ1v) is 10.3. The average Bonchev–Trinajstić information content (AvgIpc) is 2.99. The third-order valence-electron chi connectivity index (χ3n) is 5.85. The van der Waals surface area contributed by atoms with Crippen LogP contribution in [0.25, 0.3) is 0 Å².